The van der Waals surface area contributed by atoms with Crippen LogP contribution in [0.2, 0.25) is 0 Å². The van der Waals surface area contributed by atoms with Crippen LogP contribution in [0.15, 0.2) is 0 Å². The molecule has 0 rings (SSSR count). The van der Waals surface area contributed by atoms with Crippen molar-refractivity contribution >= 4 is 11.9 Å². The summed E-state index contributed by atoms with van der Waals surface area (Å²) in [6, 6.07) is -0.670. The lowest BCUT2D eigenvalue weighted by atomic mass is 9.86. The summed E-state index contributed by atoms with van der Waals surface area (Å²) in [5.74, 6) is -1.33. The summed E-state index contributed by atoms with van der Waals surface area (Å²) in [6.45, 7) is 7.35. The van der Waals surface area contributed by atoms with Gasteiger partial charge < -0.3 is 15.7 Å². The number of carbonyl (C=O) groups is 2. The molecule has 0 bridgehead atoms. The Kier molecular flexibility index (Phi) is 4.74. The van der Waals surface area contributed by atoms with Crippen LogP contribution in [0.3, 0.4) is 0 Å². The molecule has 1 atom stereocenters. The third-order valence-corrected chi connectivity index (χ3v) is 2.22. The smallest absolute Gasteiger partial charge is 0.323 e. The zero-order chi connectivity index (χ0) is 12.2. The fourth-order valence-corrected chi connectivity index (χ4v) is 1.08. The largest absolute Gasteiger partial charge is 0.480 e. The minimum Gasteiger partial charge on any atom is -0.480 e. The predicted molar refractivity (Wildman–Crippen MR) is 57.3 cm³/mol. The van der Waals surface area contributed by atoms with Crippen molar-refractivity contribution in [1.82, 2.24) is 4.90 Å². The number of amides is 1. The second-order valence-electron chi connectivity index (χ2n) is 4.59. The van der Waals surface area contributed by atoms with Gasteiger partial charge in [-0.2, -0.15) is 0 Å². The fourth-order valence-electron chi connectivity index (χ4n) is 1.08. The van der Waals surface area contributed by atoms with Gasteiger partial charge in [-0.05, 0) is 12.3 Å². The first kappa shape index (κ1) is 13.9. The van der Waals surface area contributed by atoms with Crippen LogP contribution in [0.5, 0.6) is 0 Å². The molecule has 3 N–H and O–H groups in total. The molecule has 0 saturated heterocycles. The molecule has 0 radical (unpaired) electrons. The van der Waals surface area contributed by atoms with Gasteiger partial charge in [0.2, 0.25) is 5.91 Å². The molecule has 0 aliphatic carbocycles. The quantitative estimate of drug-likeness (QED) is 0.707. The molecule has 0 fully saturated rings. The number of likely N-dealkylation sites (N-methyl/N-ethyl adjacent to an activating group) is 1. The lowest BCUT2D eigenvalue weighted by Crippen LogP contribution is -2.51. The van der Waals surface area contributed by atoms with Gasteiger partial charge in [0.05, 0.1) is 6.04 Å². The number of hydrogen-bond acceptors (Lipinski definition) is 3. The van der Waals surface area contributed by atoms with Gasteiger partial charge in [-0.25, -0.2) is 0 Å². The molecule has 5 nitrogen and oxygen atoms in total. The molecule has 0 unspecified atom stereocenters. The third kappa shape index (κ3) is 4.29. The van der Waals surface area contributed by atoms with Crippen LogP contribution in [-0.2, 0) is 9.59 Å². The summed E-state index contributed by atoms with van der Waals surface area (Å²) < 4.78 is 0. The molecule has 0 aromatic carbocycles. The minimum absolute atomic E-state index is 0.293. The summed E-state index contributed by atoms with van der Waals surface area (Å²) in [5.41, 5.74) is 5.40. The molecule has 15 heavy (non-hydrogen) atoms. The Bertz CT molecular complexity index is 246. The van der Waals surface area contributed by atoms with E-state index in [2.05, 4.69) is 0 Å². The van der Waals surface area contributed by atoms with Gasteiger partial charge in [-0.15, -0.1) is 0 Å². The molecule has 0 saturated carbocycles. The number of aliphatic carboxylic acids is 1. The van der Waals surface area contributed by atoms with Crippen molar-refractivity contribution in [2.75, 3.05) is 13.1 Å². The highest BCUT2D eigenvalue weighted by Gasteiger charge is 2.31. The first-order chi connectivity index (χ1) is 6.70. The topological polar surface area (TPSA) is 83.6 Å². The summed E-state index contributed by atoms with van der Waals surface area (Å²) in [4.78, 5) is 23.6. The third-order valence-electron chi connectivity index (χ3n) is 2.22. The average molecular weight is 216 g/mol. The van der Waals surface area contributed by atoms with Gasteiger partial charge in [-0.3, -0.25) is 9.59 Å². The van der Waals surface area contributed by atoms with Crippen molar-refractivity contribution in [3.05, 3.63) is 0 Å². The molecule has 1 amide bonds. The van der Waals surface area contributed by atoms with Crippen molar-refractivity contribution in [3.8, 4) is 0 Å². The molecule has 0 aliphatic rings. The Hall–Kier alpha value is -1.10. The van der Waals surface area contributed by atoms with Crippen LogP contribution in [0, 0.1) is 5.41 Å². The van der Waals surface area contributed by atoms with E-state index in [4.69, 9.17) is 10.8 Å². The average Bonchev–Trinajstić information content (AvgIpc) is 2.10. The Morgan fingerprint density at radius 1 is 1.40 bits per heavy atom. The summed E-state index contributed by atoms with van der Waals surface area (Å²) in [5, 5.41) is 8.61. The first-order valence-electron chi connectivity index (χ1n) is 4.96. The maximum atomic E-state index is 11.8. The lowest BCUT2D eigenvalue weighted by molar-refractivity contribution is -0.145. The Labute approximate surface area is 90.2 Å². The Balaban J connectivity index is 4.59. The van der Waals surface area contributed by atoms with E-state index in [0.29, 0.717) is 6.54 Å². The second-order valence-corrected chi connectivity index (χ2v) is 4.59. The number of carboxylic acid groups (broad SMARTS) is 1. The summed E-state index contributed by atoms with van der Waals surface area (Å²) >= 11 is 0. The van der Waals surface area contributed by atoms with Gasteiger partial charge in [0.1, 0.15) is 6.54 Å². The van der Waals surface area contributed by atoms with Crippen LogP contribution in [-0.4, -0.2) is 41.0 Å². The zero-order valence-electron chi connectivity index (χ0n) is 9.78. The first-order valence-corrected chi connectivity index (χ1v) is 4.96. The number of nitrogens with zero attached hydrogens (tertiary/aromatic N) is 1. The zero-order valence-corrected chi connectivity index (χ0v) is 9.78. The Morgan fingerprint density at radius 2 is 1.87 bits per heavy atom. The van der Waals surface area contributed by atoms with Gasteiger partial charge in [0.25, 0.3) is 0 Å². The number of carbonyl (C=O) groups excluding carboxylic acids is 1. The summed E-state index contributed by atoms with van der Waals surface area (Å²) in [7, 11) is 0. The van der Waals surface area contributed by atoms with E-state index < -0.39 is 12.0 Å². The van der Waals surface area contributed by atoms with Crippen molar-refractivity contribution in [2.45, 2.75) is 33.7 Å². The summed E-state index contributed by atoms with van der Waals surface area (Å²) in [6.07, 6.45) is 0. The molecular weight excluding hydrogens is 196 g/mol. The lowest BCUT2D eigenvalue weighted by Gasteiger charge is -2.30. The molecule has 0 aromatic rings. The molecular formula is C10H20N2O3. The van der Waals surface area contributed by atoms with Crippen LogP contribution in [0.25, 0.3) is 0 Å². The molecule has 0 spiro atoms. The molecule has 88 valence electrons. The van der Waals surface area contributed by atoms with Crippen molar-refractivity contribution in [2.24, 2.45) is 11.1 Å². The predicted octanol–water partition coefficient (Wildman–Crippen LogP) is 0.293. The Morgan fingerprint density at radius 3 is 2.13 bits per heavy atom. The van der Waals surface area contributed by atoms with E-state index >= 15 is 0 Å². The highest BCUT2D eigenvalue weighted by molar-refractivity contribution is 5.85. The molecule has 0 heterocycles. The fraction of sp³-hybridized carbons (Fsp3) is 0.800. The monoisotopic (exact) mass is 216 g/mol. The number of carboxylic acids is 1. The molecule has 0 aromatic heterocycles. The molecule has 0 aliphatic heterocycles. The van der Waals surface area contributed by atoms with Crippen molar-refractivity contribution < 1.29 is 14.7 Å². The van der Waals surface area contributed by atoms with E-state index in [1.165, 1.54) is 4.90 Å². The highest BCUT2D eigenvalue weighted by atomic mass is 16.4. The maximum Gasteiger partial charge on any atom is 0.323 e. The standard InChI is InChI=1S/C10H20N2O3/c1-5-12(6-7(13)14)9(15)8(11)10(2,3)4/h8H,5-6,11H2,1-4H3,(H,13,14)/t8-/m1/s1. The van der Waals surface area contributed by atoms with Crippen LogP contribution in [0.4, 0.5) is 0 Å². The van der Waals surface area contributed by atoms with E-state index in [1.54, 1.807) is 6.92 Å². The SMILES string of the molecule is CCN(CC(=O)O)C(=O)[C@@H](N)C(C)(C)C. The number of rotatable bonds is 4. The maximum absolute atomic E-state index is 11.8. The van der Waals surface area contributed by atoms with Crippen molar-refractivity contribution in [3.63, 3.8) is 0 Å². The number of nitrogens with two attached hydrogens (primary N) is 1. The normalized spacial score (nSPS) is 13.4. The van der Waals surface area contributed by atoms with Gasteiger partial charge in [0.15, 0.2) is 0 Å². The van der Waals surface area contributed by atoms with Crippen LogP contribution >= 0.6 is 0 Å². The number of hydrogen-bond donors (Lipinski definition) is 2. The van der Waals surface area contributed by atoms with Crippen molar-refractivity contribution in [1.29, 1.82) is 0 Å². The molecule has 5 heteroatoms. The second kappa shape index (κ2) is 5.11. The minimum atomic E-state index is -1.02. The van der Waals surface area contributed by atoms with Gasteiger partial charge >= 0.3 is 5.97 Å². The van der Waals surface area contributed by atoms with Crippen LogP contribution in [0.1, 0.15) is 27.7 Å². The van der Waals surface area contributed by atoms with Crippen LogP contribution < -0.4 is 5.73 Å². The van der Waals surface area contributed by atoms with E-state index in [-0.39, 0.29) is 17.9 Å². The van der Waals surface area contributed by atoms with E-state index in [9.17, 15) is 9.59 Å². The van der Waals surface area contributed by atoms with E-state index in [0.717, 1.165) is 0 Å². The highest BCUT2D eigenvalue weighted by Crippen LogP contribution is 2.18. The van der Waals surface area contributed by atoms with Gasteiger partial charge in [0, 0.05) is 6.54 Å². The van der Waals surface area contributed by atoms with E-state index in [1.807, 2.05) is 20.8 Å². The van der Waals surface area contributed by atoms with Gasteiger partial charge in [-0.1, -0.05) is 20.8 Å².